The summed E-state index contributed by atoms with van der Waals surface area (Å²) in [7, 11) is 0. The molecule has 0 aromatic carbocycles. The highest BCUT2D eigenvalue weighted by molar-refractivity contribution is 6.64. The molecule has 0 radical (unpaired) electrons. The van der Waals surface area contributed by atoms with E-state index in [2.05, 4.69) is 4.98 Å². The van der Waals surface area contributed by atoms with Crippen LogP contribution in [0.1, 0.15) is 17.9 Å². The Kier molecular flexibility index (Phi) is 1.85. The lowest BCUT2D eigenvalue weighted by atomic mass is 10.1. The summed E-state index contributed by atoms with van der Waals surface area (Å²) in [5, 5.41) is -0.219. The van der Waals surface area contributed by atoms with E-state index in [0.717, 1.165) is 12.0 Å². The molecule has 1 aliphatic rings. The lowest BCUT2D eigenvalue weighted by Crippen LogP contribution is -1.91. The normalized spacial score (nSPS) is 26.8. The Hall–Kier alpha value is -0.890. The largest absolute Gasteiger partial charge is 0.281 e. The first-order chi connectivity index (χ1) is 5.79. The topological polar surface area (TPSA) is 30.0 Å². The van der Waals surface area contributed by atoms with Crippen LogP contribution in [0.25, 0.3) is 0 Å². The highest BCUT2D eigenvalue weighted by Crippen LogP contribution is 2.48. The molecule has 2 nitrogen and oxygen atoms in total. The molecule has 12 heavy (non-hydrogen) atoms. The Labute approximate surface area is 75.6 Å². The van der Waals surface area contributed by atoms with Gasteiger partial charge in [0.25, 0.3) is 0 Å². The number of hydrogen-bond donors (Lipinski definition) is 0. The van der Waals surface area contributed by atoms with E-state index >= 15 is 0 Å². The fourth-order valence-corrected chi connectivity index (χ4v) is 1.65. The first-order valence-electron chi connectivity index (χ1n) is 3.88. The summed E-state index contributed by atoms with van der Waals surface area (Å²) < 4.78 is 0. The molecule has 0 bridgehead atoms. The van der Waals surface area contributed by atoms with Gasteiger partial charge in [-0.3, -0.25) is 9.78 Å². The van der Waals surface area contributed by atoms with E-state index in [9.17, 15) is 4.79 Å². The van der Waals surface area contributed by atoms with Crippen molar-refractivity contribution >= 4 is 16.8 Å². The highest BCUT2D eigenvalue weighted by atomic mass is 35.5. The van der Waals surface area contributed by atoms with Gasteiger partial charge in [0, 0.05) is 18.3 Å². The number of hydrogen-bond acceptors (Lipinski definition) is 2. The molecular weight excluding hydrogens is 174 g/mol. The smallest absolute Gasteiger partial charge is 0.225 e. The zero-order valence-electron chi connectivity index (χ0n) is 6.40. The van der Waals surface area contributed by atoms with Crippen molar-refractivity contribution in [1.82, 2.24) is 4.98 Å². The monoisotopic (exact) mass is 181 g/mol. The summed E-state index contributed by atoms with van der Waals surface area (Å²) in [5.41, 5.74) is 1.12. The minimum atomic E-state index is -0.219. The number of rotatable bonds is 2. The van der Waals surface area contributed by atoms with E-state index in [0.29, 0.717) is 5.92 Å². The van der Waals surface area contributed by atoms with Gasteiger partial charge in [-0.25, -0.2) is 0 Å². The maximum absolute atomic E-state index is 10.7. The fraction of sp³-hybridized carbons (Fsp3) is 0.333. The predicted octanol–water partition coefficient (Wildman–Crippen LogP) is 1.95. The minimum absolute atomic E-state index is 0.0378. The summed E-state index contributed by atoms with van der Waals surface area (Å²) in [6.45, 7) is 0. The molecule has 2 unspecified atom stereocenters. The molecule has 1 heterocycles. The minimum Gasteiger partial charge on any atom is -0.281 e. The zero-order chi connectivity index (χ0) is 8.55. The molecule has 2 rings (SSSR count). The Bertz CT molecular complexity index is 299. The second kappa shape index (κ2) is 2.87. The van der Waals surface area contributed by atoms with Crippen LogP contribution in [0.4, 0.5) is 0 Å². The van der Waals surface area contributed by atoms with Crippen molar-refractivity contribution in [2.24, 2.45) is 5.92 Å². The van der Waals surface area contributed by atoms with E-state index < -0.39 is 0 Å². The Morgan fingerprint density at radius 1 is 1.67 bits per heavy atom. The number of nitrogens with zero attached hydrogens (tertiary/aromatic N) is 1. The van der Waals surface area contributed by atoms with Gasteiger partial charge in [0.1, 0.15) is 0 Å². The number of pyridine rings is 1. The first kappa shape index (κ1) is 7.74. The second-order valence-electron chi connectivity index (χ2n) is 3.04. The van der Waals surface area contributed by atoms with Gasteiger partial charge in [-0.1, -0.05) is 6.07 Å². The van der Waals surface area contributed by atoms with Crippen LogP contribution in [0.2, 0.25) is 0 Å². The zero-order valence-corrected chi connectivity index (χ0v) is 7.16. The van der Waals surface area contributed by atoms with E-state index in [-0.39, 0.29) is 11.2 Å². The van der Waals surface area contributed by atoms with Gasteiger partial charge in [0.2, 0.25) is 5.24 Å². The molecule has 1 aromatic heterocycles. The lowest BCUT2D eigenvalue weighted by molar-refractivity contribution is -0.112. The van der Waals surface area contributed by atoms with Crippen molar-refractivity contribution in [3.05, 3.63) is 30.1 Å². The second-order valence-corrected chi connectivity index (χ2v) is 3.41. The van der Waals surface area contributed by atoms with Crippen molar-refractivity contribution in [1.29, 1.82) is 0 Å². The average molecular weight is 182 g/mol. The molecular formula is C9H8ClNO. The van der Waals surface area contributed by atoms with E-state index in [1.807, 2.05) is 12.1 Å². The molecule has 62 valence electrons. The molecule has 0 spiro atoms. The molecule has 1 fully saturated rings. The molecule has 0 N–H and O–H groups in total. The molecule has 3 heteroatoms. The van der Waals surface area contributed by atoms with Crippen LogP contribution in [-0.2, 0) is 4.79 Å². The molecule has 1 aromatic rings. The van der Waals surface area contributed by atoms with Crippen LogP contribution < -0.4 is 0 Å². The Morgan fingerprint density at radius 3 is 3.00 bits per heavy atom. The summed E-state index contributed by atoms with van der Waals surface area (Å²) in [6, 6.07) is 3.86. The van der Waals surface area contributed by atoms with Crippen LogP contribution in [0.5, 0.6) is 0 Å². The summed E-state index contributed by atoms with van der Waals surface area (Å²) in [5.74, 6) is 0.361. The van der Waals surface area contributed by atoms with Gasteiger partial charge in [-0.2, -0.15) is 0 Å². The quantitative estimate of drug-likeness (QED) is 0.653. The number of aromatic nitrogens is 1. The van der Waals surface area contributed by atoms with Crippen LogP contribution in [-0.4, -0.2) is 10.2 Å². The maximum atomic E-state index is 10.7. The van der Waals surface area contributed by atoms with Gasteiger partial charge in [0.15, 0.2) is 0 Å². The number of carbonyl (C=O) groups is 1. The van der Waals surface area contributed by atoms with Crippen molar-refractivity contribution in [2.75, 3.05) is 0 Å². The van der Waals surface area contributed by atoms with E-state index in [1.54, 1.807) is 12.4 Å². The predicted molar refractivity (Wildman–Crippen MR) is 45.9 cm³/mol. The molecule has 0 amide bonds. The highest BCUT2D eigenvalue weighted by Gasteiger charge is 2.43. The molecule has 0 saturated heterocycles. The third-order valence-electron chi connectivity index (χ3n) is 2.19. The van der Waals surface area contributed by atoms with Gasteiger partial charge in [-0.15, -0.1) is 0 Å². The van der Waals surface area contributed by atoms with E-state index in [4.69, 9.17) is 11.6 Å². The van der Waals surface area contributed by atoms with Crippen molar-refractivity contribution in [2.45, 2.75) is 12.3 Å². The standard InChI is InChI=1S/C9H8ClNO/c10-9(12)8-4-7(8)6-2-1-3-11-5-6/h1-3,5,7-8H,4H2. The van der Waals surface area contributed by atoms with Crippen LogP contribution >= 0.6 is 11.6 Å². The van der Waals surface area contributed by atoms with Gasteiger partial charge in [0.05, 0.1) is 0 Å². The van der Waals surface area contributed by atoms with Crippen molar-refractivity contribution in [3.8, 4) is 0 Å². The average Bonchev–Trinajstić information content (AvgIpc) is 2.84. The van der Waals surface area contributed by atoms with Gasteiger partial charge >= 0.3 is 0 Å². The number of carbonyl (C=O) groups excluding carboxylic acids is 1. The fourth-order valence-electron chi connectivity index (χ4n) is 1.41. The third kappa shape index (κ3) is 1.34. The summed E-state index contributed by atoms with van der Waals surface area (Å²) in [4.78, 5) is 14.7. The SMILES string of the molecule is O=C(Cl)C1CC1c1cccnc1. The van der Waals surface area contributed by atoms with Crippen molar-refractivity contribution < 1.29 is 4.79 Å². The van der Waals surface area contributed by atoms with Crippen LogP contribution in [0.15, 0.2) is 24.5 Å². The first-order valence-corrected chi connectivity index (χ1v) is 4.26. The molecule has 1 aliphatic carbocycles. The summed E-state index contributed by atoms with van der Waals surface area (Å²) >= 11 is 5.36. The Morgan fingerprint density at radius 2 is 2.50 bits per heavy atom. The van der Waals surface area contributed by atoms with E-state index in [1.165, 1.54) is 0 Å². The molecule has 0 aliphatic heterocycles. The Balaban J connectivity index is 2.11. The van der Waals surface area contributed by atoms with Gasteiger partial charge < -0.3 is 0 Å². The molecule has 2 atom stereocenters. The van der Waals surface area contributed by atoms with Crippen LogP contribution in [0, 0.1) is 5.92 Å². The van der Waals surface area contributed by atoms with Gasteiger partial charge in [-0.05, 0) is 35.6 Å². The lowest BCUT2D eigenvalue weighted by Gasteiger charge is -1.94. The molecule has 1 saturated carbocycles. The van der Waals surface area contributed by atoms with Crippen molar-refractivity contribution in [3.63, 3.8) is 0 Å². The maximum Gasteiger partial charge on any atom is 0.225 e. The van der Waals surface area contributed by atoms with Crippen LogP contribution in [0.3, 0.4) is 0 Å². The summed E-state index contributed by atoms with van der Waals surface area (Å²) in [6.07, 6.45) is 4.40. The number of halogens is 1. The third-order valence-corrected chi connectivity index (χ3v) is 2.47.